The molecular formula is C17H16BrClN4. The monoisotopic (exact) mass is 390 g/mol. The summed E-state index contributed by atoms with van der Waals surface area (Å²) in [6.45, 7) is 4.26. The van der Waals surface area contributed by atoms with Crippen LogP contribution < -0.4 is 5.32 Å². The molecule has 6 heteroatoms. The van der Waals surface area contributed by atoms with Crippen LogP contribution in [0.25, 0.3) is 22.3 Å². The lowest BCUT2D eigenvalue weighted by Crippen LogP contribution is -2.15. The number of aromatic nitrogens is 3. The van der Waals surface area contributed by atoms with E-state index in [4.69, 9.17) is 11.6 Å². The first kappa shape index (κ1) is 16.1. The molecule has 0 aliphatic heterocycles. The van der Waals surface area contributed by atoms with E-state index in [1.807, 2.05) is 24.3 Å². The number of benzene rings is 1. The van der Waals surface area contributed by atoms with E-state index < -0.39 is 0 Å². The molecule has 0 fully saturated rings. The Bertz CT molecular complexity index is 853. The van der Waals surface area contributed by atoms with E-state index >= 15 is 0 Å². The summed E-state index contributed by atoms with van der Waals surface area (Å²) in [5.74, 6) is 0. The second-order valence-corrected chi connectivity index (χ2v) is 6.53. The molecule has 0 amide bonds. The third-order valence-corrected chi connectivity index (χ3v) is 4.69. The summed E-state index contributed by atoms with van der Waals surface area (Å²) < 4.78 is 0.958. The van der Waals surface area contributed by atoms with Gasteiger partial charge in [-0.05, 0) is 19.4 Å². The largest absolute Gasteiger partial charge is 0.380 e. The van der Waals surface area contributed by atoms with Crippen LogP contribution in [0.15, 0.2) is 41.1 Å². The predicted octanol–water partition coefficient (Wildman–Crippen LogP) is 5.32. The van der Waals surface area contributed by atoms with Gasteiger partial charge in [0.2, 0.25) is 0 Å². The van der Waals surface area contributed by atoms with Crippen molar-refractivity contribution in [2.45, 2.75) is 26.3 Å². The van der Waals surface area contributed by atoms with Crippen LogP contribution in [0.1, 0.15) is 20.3 Å². The second-order valence-electron chi connectivity index (χ2n) is 5.31. The third-order valence-electron chi connectivity index (χ3n) is 3.72. The first-order chi connectivity index (χ1) is 11.1. The van der Waals surface area contributed by atoms with Crippen molar-refractivity contribution in [1.82, 2.24) is 15.0 Å². The Morgan fingerprint density at radius 3 is 2.70 bits per heavy atom. The van der Waals surface area contributed by atoms with Gasteiger partial charge >= 0.3 is 0 Å². The molecule has 1 N–H and O–H groups in total. The standard InChI is InChI=1S/C17H16BrClN4/c1-3-10(2)22-14-13(11-6-4-5-7-12(11)18)16(19)23-17-15(14)20-8-9-21-17/h4-10H,3H2,1-2H3,(H,21,22,23). The zero-order valence-corrected chi connectivity index (χ0v) is 15.2. The minimum Gasteiger partial charge on any atom is -0.380 e. The van der Waals surface area contributed by atoms with Crippen LogP contribution in [-0.4, -0.2) is 21.0 Å². The minimum atomic E-state index is 0.278. The molecule has 1 atom stereocenters. The summed E-state index contributed by atoms with van der Waals surface area (Å²) in [4.78, 5) is 13.2. The lowest BCUT2D eigenvalue weighted by molar-refractivity contribution is 0.765. The normalized spacial score (nSPS) is 12.3. The van der Waals surface area contributed by atoms with Gasteiger partial charge < -0.3 is 5.32 Å². The van der Waals surface area contributed by atoms with Gasteiger partial charge in [-0.1, -0.05) is 52.7 Å². The van der Waals surface area contributed by atoms with E-state index in [1.54, 1.807) is 12.4 Å². The lowest BCUT2D eigenvalue weighted by Gasteiger charge is -2.19. The van der Waals surface area contributed by atoms with Crippen molar-refractivity contribution >= 4 is 44.4 Å². The number of nitrogens with zero attached hydrogens (tertiary/aromatic N) is 3. The van der Waals surface area contributed by atoms with Crippen LogP contribution in [0.2, 0.25) is 5.15 Å². The molecule has 2 aromatic heterocycles. The van der Waals surface area contributed by atoms with Gasteiger partial charge in [-0.2, -0.15) is 0 Å². The van der Waals surface area contributed by atoms with E-state index in [-0.39, 0.29) is 6.04 Å². The minimum absolute atomic E-state index is 0.278. The molecule has 0 aliphatic rings. The van der Waals surface area contributed by atoms with Crippen molar-refractivity contribution in [3.63, 3.8) is 0 Å². The van der Waals surface area contributed by atoms with E-state index in [1.165, 1.54) is 0 Å². The maximum Gasteiger partial charge on any atom is 0.181 e. The molecule has 0 aliphatic carbocycles. The maximum atomic E-state index is 6.50. The molecule has 1 aromatic carbocycles. The van der Waals surface area contributed by atoms with E-state index in [0.29, 0.717) is 10.8 Å². The highest BCUT2D eigenvalue weighted by Crippen LogP contribution is 2.41. The van der Waals surface area contributed by atoms with Gasteiger partial charge in [0.05, 0.1) is 5.69 Å². The zero-order valence-electron chi connectivity index (χ0n) is 12.8. The molecule has 2 heterocycles. The number of halogens is 2. The van der Waals surface area contributed by atoms with E-state index in [9.17, 15) is 0 Å². The first-order valence-corrected chi connectivity index (χ1v) is 8.60. The number of fused-ring (bicyclic) bond motifs is 1. The number of hydrogen-bond donors (Lipinski definition) is 1. The highest BCUT2D eigenvalue weighted by molar-refractivity contribution is 9.10. The Morgan fingerprint density at radius 1 is 1.22 bits per heavy atom. The van der Waals surface area contributed by atoms with Crippen LogP contribution in [0, 0.1) is 0 Å². The van der Waals surface area contributed by atoms with Crippen molar-refractivity contribution in [3.8, 4) is 11.1 Å². The zero-order chi connectivity index (χ0) is 16.4. The predicted molar refractivity (Wildman–Crippen MR) is 98.9 cm³/mol. The molecule has 0 saturated heterocycles. The molecule has 0 radical (unpaired) electrons. The summed E-state index contributed by atoms with van der Waals surface area (Å²) in [6.07, 6.45) is 4.28. The molecule has 0 saturated carbocycles. The molecule has 1 unspecified atom stereocenters. The maximum absolute atomic E-state index is 6.50. The fourth-order valence-corrected chi connectivity index (χ4v) is 3.12. The fraction of sp³-hybridized carbons (Fsp3) is 0.235. The molecular weight excluding hydrogens is 376 g/mol. The van der Waals surface area contributed by atoms with Gasteiger partial charge in [-0.15, -0.1) is 0 Å². The van der Waals surface area contributed by atoms with Crippen LogP contribution in [-0.2, 0) is 0 Å². The van der Waals surface area contributed by atoms with Gasteiger partial charge in [-0.3, -0.25) is 0 Å². The third kappa shape index (κ3) is 3.16. The van der Waals surface area contributed by atoms with E-state index in [0.717, 1.165) is 33.2 Å². The van der Waals surface area contributed by atoms with Crippen molar-refractivity contribution in [1.29, 1.82) is 0 Å². The van der Waals surface area contributed by atoms with Crippen LogP contribution in [0.3, 0.4) is 0 Å². The van der Waals surface area contributed by atoms with Gasteiger partial charge in [0, 0.05) is 34.0 Å². The van der Waals surface area contributed by atoms with Crippen LogP contribution in [0.5, 0.6) is 0 Å². The first-order valence-electron chi connectivity index (χ1n) is 7.43. The van der Waals surface area contributed by atoms with Crippen molar-refractivity contribution in [2.75, 3.05) is 5.32 Å². The average molecular weight is 392 g/mol. The lowest BCUT2D eigenvalue weighted by atomic mass is 10.0. The SMILES string of the molecule is CCC(C)Nc1c(-c2ccccc2Br)c(Cl)nc2nccnc12. The molecule has 0 bridgehead atoms. The molecule has 118 valence electrons. The molecule has 3 rings (SSSR count). The van der Waals surface area contributed by atoms with Crippen LogP contribution in [0.4, 0.5) is 5.69 Å². The topological polar surface area (TPSA) is 50.7 Å². The number of hydrogen-bond acceptors (Lipinski definition) is 4. The second kappa shape index (κ2) is 6.81. The summed E-state index contributed by atoms with van der Waals surface area (Å²) in [6, 6.07) is 8.22. The quantitative estimate of drug-likeness (QED) is 0.612. The number of anilines is 1. The summed E-state index contributed by atoms with van der Waals surface area (Å²) in [7, 11) is 0. The Labute approximate surface area is 148 Å². The Morgan fingerprint density at radius 2 is 1.96 bits per heavy atom. The van der Waals surface area contributed by atoms with Crippen molar-refractivity contribution in [2.24, 2.45) is 0 Å². The van der Waals surface area contributed by atoms with Crippen LogP contribution >= 0.6 is 27.5 Å². The number of rotatable bonds is 4. The van der Waals surface area contributed by atoms with Gasteiger partial charge in [0.15, 0.2) is 5.65 Å². The van der Waals surface area contributed by atoms with Gasteiger partial charge in [0.1, 0.15) is 10.7 Å². The summed E-state index contributed by atoms with van der Waals surface area (Å²) >= 11 is 10.1. The molecule has 23 heavy (non-hydrogen) atoms. The highest BCUT2D eigenvalue weighted by Gasteiger charge is 2.19. The fourth-order valence-electron chi connectivity index (χ4n) is 2.36. The smallest absolute Gasteiger partial charge is 0.181 e. The van der Waals surface area contributed by atoms with Gasteiger partial charge in [-0.25, -0.2) is 15.0 Å². The molecule has 4 nitrogen and oxygen atoms in total. The van der Waals surface area contributed by atoms with Gasteiger partial charge in [0.25, 0.3) is 0 Å². The van der Waals surface area contributed by atoms with E-state index in [2.05, 4.69) is 50.0 Å². The Balaban J connectivity index is 2.33. The number of nitrogens with one attached hydrogen (secondary N) is 1. The Kier molecular flexibility index (Phi) is 4.78. The highest BCUT2D eigenvalue weighted by atomic mass is 79.9. The number of pyridine rings is 1. The summed E-state index contributed by atoms with van der Waals surface area (Å²) in [5, 5.41) is 3.93. The molecule has 0 spiro atoms. The summed E-state index contributed by atoms with van der Waals surface area (Å²) in [5.41, 5.74) is 3.95. The van der Waals surface area contributed by atoms with Crippen molar-refractivity contribution < 1.29 is 0 Å². The van der Waals surface area contributed by atoms with Crippen molar-refractivity contribution in [3.05, 3.63) is 46.3 Å². The Hall–Kier alpha value is -1.72. The average Bonchev–Trinajstić information content (AvgIpc) is 2.56. The molecule has 3 aromatic rings.